The molecule has 6 nitrogen and oxygen atoms in total. The molecule has 8 heteroatoms. The summed E-state index contributed by atoms with van der Waals surface area (Å²) in [4.78, 5) is 13.0. The summed E-state index contributed by atoms with van der Waals surface area (Å²) < 4.78 is 2.28. The third-order valence-corrected chi connectivity index (χ3v) is 5.93. The molecule has 0 fully saturated rings. The van der Waals surface area contributed by atoms with Crippen LogP contribution in [-0.2, 0) is 13.0 Å². The molecule has 0 unspecified atom stereocenters. The lowest BCUT2D eigenvalue weighted by Crippen LogP contribution is -2.12. The van der Waals surface area contributed by atoms with Crippen molar-refractivity contribution in [2.75, 3.05) is 5.32 Å². The van der Waals surface area contributed by atoms with Crippen LogP contribution in [0.3, 0.4) is 0 Å². The monoisotopic (exact) mass is 438 g/mol. The Kier molecular flexibility index (Phi) is 5.48. The molecule has 0 aliphatic carbocycles. The maximum Gasteiger partial charge on any atom is 0.265 e. The van der Waals surface area contributed by atoms with Gasteiger partial charge in [-0.25, -0.2) is 0 Å². The number of nitrogens with one attached hydrogen (secondary N) is 2. The Morgan fingerprint density at radius 1 is 1.13 bits per heavy atom. The molecule has 5 N–H and O–H groups in total. The van der Waals surface area contributed by atoms with Gasteiger partial charge in [0.1, 0.15) is 0 Å². The van der Waals surface area contributed by atoms with Gasteiger partial charge in [0.2, 0.25) is 5.88 Å². The fourth-order valence-corrected chi connectivity index (χ4v) is 4.26. The summed E-state index contributed by atoms with van der Waals surface area (Å²) >= 11 is 7.12. The van der Waals surface area contributed by atoms with Crippen LogP contribution in [0.15, 0.2) is 60.8 Å². The first-order chi connectivity index (χ1) is 14.4. The molecule has 0 atom stereocenters. The second-order valence-corrected chi connectivity index (χ2v) is 8.64. The number of amides is 1. The largest absolute Gasteiger partial charge is 0.494 e. The van der Waals surface area contributed by atoms with E-state index in [4.69, 9.17) is 22.7 Å². The predicted molar refractivity (Wildman–Crippen MR) is 122 cm³/mol. The van der Waals surface area contributed by atoms with Crippen LogP contribution in [0.25, 0.3) is 10.8 Å². The summed E-state index contributed by atoms with van der Waals surface area (Å²) in [6.45, 7) is 0.467. The zero-order valence-electron chi connectivity index (χ0n) is 15.9. The van der Waals surface area contributed by atoms with Gasteiger partial charge in [0.05, 0.1) is 32.7 Å². The van der Waals surface area contributed by atoms with Crippen molar-refractivity contribution < 1.29 is 9.90 Å². The van der Waals surface area contributed by atoms with Crippen LogP contribution in [0.5, 0.6) is 5.88 Å². The minimum atomic E-state index is -0.271. The number of benzene rings is 2. The van der Waals surface area contributed by atoms with E-state index >= 15 is 0 Å². The van der Waals surface area contributed by atoms with Gasteiger partial charge in [-0.05, 0) is 29.3 Å². The van der Waals surface area contributed by atoms with Gasteiger partial charge in [0.15, 0.2) is 0 Å². The van der Waals surface area contributed by atoms with Crippen molar-refractivity contribution in [3.05, 3.63) is 81.1 Å². The van der Waals surface area contributed by atoms with Gasteiger partial charge in [-0.2, -0.15) is 0 Å². The highest BCUT2D eigenvalue weighted by Crippen LogP contribution is 2.34. The number of fused-ring (bicyclic) bond motifs is 1. The second kappa shape index (κ2) is 8.22. The summed E-state index contributed by atoms with van der Waals surface area (Å²) in [5.74, 6) is -0.0676. The quantitative estimate of drug-likeness (QED) is 0.255. The average Bonchev–Trinajstić information content (AvgIpc) is 3.27. The maximum absolute atomic E-state index is 12.5. The number of aromatic hydroxyl groups is 1. The van der Waals surface area contributed by atoms with Gasteiger partial charge < -0.3 is 20.7 Å². The summed E-state index contributed by atoms with van der Waals surface area (Å²) in [6.07, 6.45) is 2.27. The third kappa shape index (κ3) is 4.17. The SMILES string of the molecule is N=C(N)Cc1ccc(Cn2cc3cccc(NC(=O)c4ccc(Cl)s4)c3c2O)cc1. The molecule has 0 aliphatic heterocycles. The maximum atomic E-state index is 12.5. The first kappa shape index (κ1) is 20.0. The molecular weight excluding hydrogens is 420 g/mol. The van der Waals surface area contributed by atoms with Gasteiger partial charge in [-0.1, -0.05) is 48.0 Å². The molecule has 4 rings (SSSR count). The van der Waals surface area contributed by atoms with Crippen molar-refractivity contribution in [2.24, 2.45) is 5.73 Å². The van der Waals surface area contributed by atoms with Crippen LogP contribution in [0.4, 0.5) is 5.69 Å². The highest BCUT2D eigenvalue weighted by Gasteiger charge is 2.16. The molecule has 0 saturated heterocycles. The lowest BCUT2D eigenvalue weighted by atomic mass is 10.1. The number of hydrogen-bond donors (Lipinski definition) is 4. The molecule has 0 aliphatic rings. The number of aromatic nitrogens is 1. The van der Waals surface area contributed by atoms with Gasteiger partial charge in [-0.15, -0.1) is 11.3 Å². The Morgan fingerprint density at radius 2 is 1.87 bits per heavy atom. The summed E-state index contributed by atoms with van der Waals surface area (Å²) in [5.41, 5.74) is 7.94. The molecule has 152 valence electrons. The summed E-state index contributed by atoms with van der Waals surface area (Å²) in [7, 11) is 0. The van der Waals surface area contributed by atoms with Crippen molar-refractivity contribution in [2.45, 2.75) is 13.0 Å². The van der Waals surface area contributed by atoms with Crippen LogP contribution in [-0.4, -0.2) is 21.4 Å². The normalized spacial score (nSPS) is 11.0. The first-order valence-electron chi connectivity index (χ1n) is 9.19. The highest BCUT2D eigenvalue weighted by atomic mass is 35.5. The van der Waals surface area contributed by atoms with Crippen LogP contribution >= 0.6 is 22.9 Å². The molecule has 2 aromatic carbocycles. The number of carbonyl (C=O) groups excluding carboxylic acids is 1. The van der Waals surface area contributed by atoms with Crippen LogP contribution in [0.2, 0.25) is 4.34 Å². The number of hydrogen-bond acceptors (Lipinski definition) is 4. The topological polar surface area (TPSA) is 104 Å². The molecule has 2 aromatic heterocycles. The van der Waals surface area contributed by atoms with Gasteiger partial charge >= 0.3 is 0 Å². The van der Waals surface area contributed by atoms with E-state index in [9.17, 15) is 9.90 Å². The predicted octanol–water partition coefficient (Wildman–Crippen LogP) is 4.84. The number of thiophene rings is 1. The smallest absolute Gasteiger partial charge is 0.265 e. The fraction of sp³-hybridized carbons (Fsp3) is 0.0909. The summed E-state index contributed by atoms with van der Waals surface area (Å²) in [6, 6.07) is 16.6. The molecule has 4 aromatic rings. The zero-order valence-corrected chi connectivity index (χ0v) is 17.4. The zero-order chi connectivity index (χ0) is 21.3. The van der Waals surface area contributed by atoms with E-state index in [1.165, 1.54) is 11.3 Å². The van der Waals surface area contributed by atoms with Gasteiger partial charge in [0, 0.05) is 18.0 Å². The van der Waals surface area contributed by atoms with Crippen molar-refractivity contribution in [3.63, 3.8) is 0 Å². The van der Waals surface area contributed by atoms with Crippen molar-refractivity contribution in [1.29, 1.82) is 5.41 Å². The molecule has 0 radical (unpaired) electrons. The number of halogens is 1. The first-order valence-corrected chi connectivity index (χ1v) is 10.4. The molecule has 0 saturated carbocycles. The Hall–Kier alpha value is -3.29. The van der Waals surface area contributed by atoms with E-state index in [1.54, 1.807) is 22.8 Å². The number of amidine groups is 1. The van der Waals surface area contributed by atoms with E-state index in [1.807, 2.05) is 42.6 Å². The molecule has 0 bridgehead atoms. The van der Waals surface area contributed by atoms with Crippen molar-refractivity contribution in [1.82, 2.24) is 4.57 Å². The van der Waals surface area contributed by atoms with Crippen LogP contribution < -0.4 is 11.1 Å². The standard InChI is InChI=1S/C22H19ClN4O2S/c23-18-9-8-17(30-18)21(28)26-16-3-1-2-15-12-27(22(29)20(15)16)11-14-6-4-13(5-7-14)10-19(24)25/h1-9,12,29H,10-11H2,(H3,24,25)(H,26,28). The molecule has 0 spiro atoms. The molecule has 2 heterocycles. The van der Waals surface area contributed by atoms with E-state index < -0.39 is 0 Å². The van der Waals surface area contributed by atoms with E-state index in [2.05, 4.69) is 5.32 Å². The Labute approximate surface area is 182 Å². The number of carbonyl (C=O) groups is 1. The molecular formula is C22H19ClN4O2S. The number of anilines is 1. The van der Waals surface area contributed by atoms with Crippen molar-refractivity contribution in [3.8, 4) is 5.88 Å². The number of rotatable bonds is 6. The lowest BCUT2D eigenvalue weighted by molar-refractivity contribution is 0.103. The third-order valence-electron chi connectivity index (χ3n) is 4.70. The van der Waals surface area contributed by atoms with E-state index in [0.29, 0.717) is 33.3 Å². The van der Waals surface area contributed by atoms with Crippen molar-refractivity contribution >= 4 is 51.1 Å². The minimum Gasteiger partial charge on any atom is -0.494 e. The van der Waals surface area contributed by atoms with E-state index in [-0.39, 0.29) is 17.6 Å². The molecule has 1 amide bonds. The van der Waals surface area contributed by atoms with E-state index in [0.717, 1.165) is 16.5 Å². The lowest BCUT2D eigenvalue weighted by Gasteiger charge is -2.08. The Balaban J connectivity index is 1.60. The number of nitrogens with zero attached hydrogens (tertiary/aromatic N) is 1. The highest BCUT2D eigenvalue weighted by molar-refractivity contribution is 7.18. The van der Waals surface area contributed by atoms with Gasteiger partial charge in [0.25, 0.3) is 5.91 Å². The average molecular weight is 439 g/mol. The molecule has 30 heavy (non-hydrogen) atoms. The van der Waals surface area contributed by atoms with Gasteiger partial charge in [-0.3, -0.25) is 10.2 Å². The Morgan fingerprint density at radius 3 is 2.53 bits per heavy atom. The Bertz CT molecular complexity index is 1240. The van der Waals surface area contributed by atoms with Crippen LogP contribution in [0.1, 0.15) is 20.8 Å². The fourth-order valence-electron chi connectivity index (χ4n) is 3.32. The second-order valence-electron chi connectivity index (χ2n) is 6.93. The van der Waals surface area contributed by atoms with Crippen LogP contribution in [0, 0.1) is 5.41 Å². The summed E-state index contributed by atoms with van der Waals surface area (Å²) in [5, 5.41) is 22.5. The minimum absolute atomic E-state index is 0.0814. The number of nitrogens with two attached hydrogens (primary N) is 1.